The first kappa shape index (κ1) is 25.2. The van der Waals surface area contributed by atoms with Crippen LogP contribution in [0.15, 0.2) is 53.4 Å². The summed E-state index contributed by atoms with van der Waals surface area (Å²) in [5, 5.41) is -0.385. The van der Waals surface area contributed by atoms with Gasteiger partial charge in [0.15, 0.2) is 0 Å². The van der Waals surface area contributed by atoms with E-state index in [4.69, 9.17) is 4.74 Å². The smallest absolute Gasteiger partial charge is 0.293 e. The average Bonchev–Trinajstić information content (AvgIpc) is 3.55. The molecule has 1 atom stereocenters. The highest BCUT2D eigenvalue weighted by molar-refractivity contribution is 8.18. The molecule has 0 spiro atoms. The van der Waals surface area contributed by atoms with E-state index in [2.05, 4.69) is 0 Å². The van der Waals surface area contributed by atoms with Crippen molar-refractivity contribution in [1.82, 2.24) is 14.7 Å². The van der Waals surface area contributed by atoms with Gasteiger partial charge in [0.2, 0.25) is 0 Å². The Morgan fingerprint density at radius 1 is 0.973 bits per heavy atom. The predicted octanol–water partition coefficient (Wildman–Crippen LogP) is 3.53. The number of rotatable bonds is 5. The van der Waals surface area contributed by atoms with Gasteiger partial charge in [-0.3, -0.25) is 24.1 Å². The van der Waals surface area contributed by atoms with Gasteiger partial charge in [-0.15, -0.1) is 0 Å². The van der Waals surface area contributed by atoms with Crippen LogP contribution in [0, 0.1) is 5.82 Å². The highest BCUT2D eigenvalue weighted by atomic mass is 32.2. The number of carbonyl (C=O) groups is 4. The minimum Gasteiger partial charge on any atom is -0.368 e. The molecule has 3 fully saturated rings. The summed E-state index contributed by atoms with van der Waals surface area (Å²) in [5.41, 5.74) is 1.86. The Balaban J connectivity index is 1.18. The van der Waals surface area contributed by atoms with E-state index in [1.807, 2.05) is 0 Å². The summed E-state index contributed by atoms with van der Waals surface area (Å²) < 4.78 is 18.6. The fourth-order valence-electron chi connectivity index (χ4n) is 4.57. The molecule has 37 heavy (non-hydrogen) atoms. The summed E-state index contributed by atoms with van der Waals surface area (Å²) in [7, 11) is 0. The van der Waals surface area contributed by atoms with Crippen molar-refractivity contribution in [1.29, 1.82) is 0 Å². The summed E-state index contributed by atoms with van der Waals surface area (Å²) in [4.78, 5) is 55.6. The fraction of sp³-hybridized carbons (Fsp3) is 0.333. The predicted molar refractivity (Wildman–Crippen MR) is 136 cm³/mol. The molecule has 3 heterocycles. The zero-order valence-corrected chi connectivity index (χ0v) is 20.9. The van der Waals surface area contributed by atoms with E-state index in [1.54, 1.807) is 52.3 Å². The van der Waals surface area contributed by atoms with Crippen LogP contribution in [0.3, 0.4) is 0 Å². The SMILES string of the molecule is O=C(c1ccc(/C=C2\SC(=O)N(Cc3ccc(F)cc3)C2=O)cc1)N1CCN(C(=O)[C@H]2CCCO2)CC1. The van der Waals surface area contributed by atoms with Crippen molar-refractivity contribution in [2.75, 3.05) is 32.8 Å². The standard InChI is InChI=1S/C27H26FN3O5S/c28-21-9-5-19(6-10-21)17-31-26(34)23(37-27(31)35)16-18-3-7-20(8-4-18)24(32)29-11-13-30(14-12-29)25(33)22-2-1-15-36-22/h3-10,16,22H,1-2,11-15,17H2/b23-16-/t22-/m1/s1. The number of imide groups is 1. The Bertz CT molecular complexity index is 1230. The highest BCUT2D eigenvalue weighted by Crippen LogP contribution is 2.33. The van der Waals surface area contributed by atoms with Crippen LogP contribution in [0.5, 0.6) is 0 Å². The Morgan fingerprint density at radius 3 is 2.30 bits per heavy atom. The van der Waals surface area contributed by atoms with Gasteiger partial charge in [-0.25, -0.2) is 4.39 Å². The second kappa shape index (κ2) is 10.9. The first-order chi connectivity index (χ1) is 17.9. The number of piperazine rings is 1. The summed E-state index contributed by atoms with van der Waals surface area (Å²) in [6.07, 6.45) is 2.93. The second-order valence-electron chi connectivity index (χ2n) is 9.14. The van der Waals surface area contributed by atoms with Gasteiger partial charge in [-0.1, -0.05) is 24.3 Å². The van der Waals surface area contributed by atoms with E-state index in [-0.39, 0.29) is 35.5 Å². The number of hydrogen-bond acceptors (Lipinski definition) is 6. The molecule has 0 saturated carbocycles. The monoisotopic (exact) mass is 523 g/mol. The van der Waals surface area contributed by atoms with Crippen molar-refractivity contribution >= 4 is 40.8 Å². The Hall–Kier alpha value is -3.50. The van der Waals surface area contributed by atoms with Crippen molar-refractivity contribution < 1.29 is 28.3 Å². The van der Waals surface area contributed by atoms with Crippen LogP contribution in [0.4, 0.5) is 9.18 Å². The molecule has 192 valence electrons. The maximum absolute atomic E-state index is 13.1. The van der Waals surface area contributed by atoms with Gasteiger partial charge in [0, 0.05) is 38.3 Å². The molecule has 3 aliphatic rings. The summed E-state index contributed by atoms with van der Waals surface area (Å²) in [5.74, 6) is -0.896. The lowest BCUT2D eigenvalue weighted by atomic mass is 10.1. The van der Waals surface area contributed by atoms with E-state index >= 15 is 0 Å². The Morgan fingerprint density at radius 2 is 1.65 bits per heavy atom. The van der Waals surface area contributed by atoms with Crippen molar-refractivity contribution in [3.8, 4) is 0 Å². The van der Waals surface area contributed by atoms with Gasteiger partial charge in [0.05, 0.1) is 11.4 Å². The number of amides is 4. The number of carbonyl (C=O) groups excluding carboxylic acids is 4. The Kier molecular flexibility index (Phi) is 7.38. The van der Waals surface area contributed by atoms with Crippen molar-refractivity contribution in [2.24, 2.45) is 0 Å². The van der Waals surface area contributed by atoms with Gasteiger partial charge >= 0.3 is 0 Å². The lowest BCUT2D eigenvalue weighted by Crippen LogP contribution is -2.52. The van der Waals surface area contributed by atoms with E-state index < -0.39 is 5.91 Å². The van der Waals surface area contributed by atoms with Gasteiger partial charge in [0.25, 0.3) is 23.0 Å². The van der Waals surface area contributed by atoms with Crippen LogP contribution in [0.25, 0.3) is 6.08 Å². The van der Waals surface area contributed by atoms with Crippen LogP contribution in [-0.2, 0) is 20.9 Å². The fourth-order valence-corrected chi connectivity index (χ4v) is 5.41. The quantitative estimate of drug-likeness (QED) is 0.558. The van der Waals surface area contributed by atoms with E-state index in [1.165, 1.54) is 12.1 Å². The maximum Gasteiger partial charge on any atom is 0.293 e. The first-order valence-electron chi connectivity index (χ1n) is 12.2. The van der Waals surface area contributed by atoms with Gasteiger partial charge < -0.3 is 14.5 Å². The van der Waals surface area contributed by atoms with Gasteiger partial charge in [-0.05, 0) is 66.1 Å². The molecule has 8 nitrogen and oxygen atoms in total. The minimum absolute atomic E-state index is 0.0102. The largest absolute Gasteiger partial charge is 0.368 e. The molecule has 4 amide bonds. The lowest BCUT2D eigenvalue weighted by Gasteiger charge is -2.35. The van der Waals surface area contributed by atoms with Gasteiger partial charge in [-0.2, -0.15) is 0 Å². The third-order valence-electron chi connectivity index (χ3n) is 6.67. The third-order valence-corrected chi connectivity index (χ3v) is 7.57. The van der Waals surface area contributed by atoms with Crippen LogP contribution in [0.1, 0.15) is 34.3 Å². The van der Waals surface area contributed by atoms with E-state index in [9.17, 15) is 23.6 Å². The summed E-state index contributed by atoms with van der Waals surface area (Å²) in [6, 6.07) is 12.5. The number of halogens is 1. The molecule has 0 bridgehead atoms. The molecule has 0 aromatic heterocycles. The second-order valence-corrected chi connectivity index (χ2v) is 10.1. The molecule has 10 heteroatoms. The maximum atomic E-state index is 13.1. The molecule has 0 N–H and O–H groups in total. The Labute approximate surface area is 218 Å². The first-order valence-corrected chi connectivity index (χ1v) is 13.0. The zero-order chi connectivity index (χ0) is 25.9. The summed E-state index contributed by atoms with van der Waals surface area (Å²) >= 11 is 0.852. The third kappa shape index (κ3) is 5.60. The van der Waals surface area contributed by atoms with Crippen molar-refractivity contribution in [3.05, 3.63) is 75.9 Å². The number of ether oxygens (including phenoxy) is 1. The number of thioether (sulfide) groups is 1. The summed E-state index contributed by atoms with van der Waals surface area (Å²) in [6.45, 7) is 2.58. The topological polar surface area (TPSA) is 87.2 Å². The molecule has 0 unspecified atom stereocenters. The molecule has 5 rings (SSSR count). The zero-order valence-electron chi connectivity index (χ0n) is 20.1. The molecule has 2 aromatic carbocycles. The molecule has 2 aromatic rings. The lowest BCUT2D eigenvalue weighted by molar-refractivity contribution is -0.142. The molecular weight excluding hydrogens is 497 g/mol. The molecular formula is C27H26FN3O5S. The van der Waals surface area contributed by atoms with Crippen LogP contribution >= 0.6 is 11.8 Å². The molecule has 0 aliphatic carbocycles. The number of benzene rings is 2. The van der Waals surface area contributed by atoms with Crippen molar-refractivity contribution in [2.45, 2.75) is 25.5 Å². The van der Waals surface area contributed by atoms with E-state index in [0.717, 1.165) is 29.5 Å². The van der Waals surface area contributed by atoms with Crippen LogP contribution < -0.4 is 0 Å². The number of hydrogen-bond donors (Lipinski definition) is 0. The van der Waals surface area contributed by atoms with Crippen LogP contribution in [0.2, 0.25) is 0 Å². The van der Waals surface area contributed by atoms with Gasteiger partial charge in [0.1, 0.15) is 11.9 Å². The number of nitrogens with zero attached hydrogens (tertiary/aromatic N) is 3. The normalized spacial score (nSPS) is 21.3. The minimum atomic E-state index is -0.408. The molecule has 3 aliphatic heterocycles. The average molecular weight is 524 g/mol. The highest BCUT2D eigenvalue weighted by Gasteiger charge is 2.35. The van der Waals surface area contributed by atoms with Crippen LogP contribution in [-0.4, -0.2) is 76.6 Å². The molecule has 3 saturated heterocycles. The molecule has 0 radical (unpaired) electrons. The van der Waals surface area contributed by atoms with Crippen molar-refractivity contribution in [3.63, 3.8) is 0 Å². The van der Waals surface area contributed by atoms with E-state index in [0.29, 0.717) is 54.4 Å².